The topological polar surface area (TPSA) is 90.0 Å². The second-order valence-electron chi connectivity index (χ2n) is 10.1. The molecule has 0 atom stereocenters. The summed E-state index contributed by atoms with van der Waals surface area (Å²) in [6.45, 7) is 7.36. The molecule has 2 saturated heterocycles. The van der Waals surface area contributed by atoms with Gasteiger partial charge in [0.2, 0.25) is 10.0 Å². The van der Waals surface area contributed by atoms with Crippen LogP contribution in [0.4, 0.5) is 5.00 Å². The van der Waals surface area contributed by atoms with Gasteiger partial charge in [-0.15, -0.1) is 11.3 Å². The highest BCUT2D eigenvalue weighted by Gasteiger charge is 2.32. The highest BCUT2D eigenvalue weighted by Crippen LogP contribution is 2.38. The molecule has 3 aliphatic heterocycles. The normalized spacial score (nSPS) is 19.4. The molecule has 8 nitrogen and oxygen atoms in total. The molecule has 1 aromatic carbocycles. The number of piperidine rings is 2. The quantitative estimate of drug-likeness (QED) is 0.589. The van der Waals surface area contributed by atoms with Gasteiger partial charge < -0.3 is 10.2 Å². The molecule has 0 radical (unpaired) electrons. The number of thiophene rings is 1. The number of fused-ring (bicyclic) bond motifs is 1. The smallest absolute Gasteiger partial charge is 0.257 e. The van der Waals surface area contributed by atoms with Crippen LogP contribution < -0.4 is 5.32 Å². The number of benzene rings is 1. The number of carbonyl (C=O) groups is 2. The predicted molar refractivity (Wildman–Crippen MR) is 146 cm³/mol. The van der Waals surface area contributed by atoms with Gasteiger partial charge in [0.05, 0.1) is 10.5 Å². The number of likely N-dealkylation sites (N-methyl/N-ethyl adjacent to an activating group) is 1. The number of rotatable bonds is 6. The molecule has 0 bridgehead atoms. The zero-order valence-corrected chi connectivity index (χ0v) is 23.1. The molecule has 4 heterocycles. The fourth-order valence-corrected chi connectivity index (χ4v) is 8.30. The van der Waals surface area contributed by atoms with Gasteiger partial charge in [-0.1, -0.05) is 13.3 Å². The summed E-state index contributed by atoms with van der Waals surface area (Å²) in [5.74, 6) is -0.319. The second kappa shape index (κ2) is 11.2. The number of carbonyl (C=O) groups excluding carboxylic acids is 2. The Hall–Kier alpha value is -2.27. The van der Waals surface area contributed by atoms with Crippen molar-refractivity contribution in [2.75, 3.05) is 44.6 Å². The average molecular weight is 545 g/mol. The molecule has 2 aromatic rings. The lowest BCUT2D eigenvalue weighted by Gasteiger charge is -2.29. The molecule has 0 aliphatic carbocycles. The number of likely N-dealkylation sites (tertiary alicyclic amines) is 1. The molecule has 10 heteroatoms. The van der Waals surface area contributed by atoms with E-state index in [0.717, 1.165) is 88.1 Å². The maximum atomic E-state index is 13.6. The van der Waals surface area contributed by atoms with Gasteiger partial charge in [0.25, 0.3) is 11.8 Å². The van der Waals surface area contributed by atoms with Crippen molar-refractivity contribution >= 4 is 38.2 Å². The minimum atomic E-state index is -3.55. The van der Waals surface area contributed by atoms with Crippen LogP contribution in [0, 0.1) is 0 Å². The third kappa shape index (κ3) is 5.48. The van der Waals surface area contributed by atoms with Crippen LogP contribution in [0.3, 0.4) is 0 Å². The molecule has 1 N–H and O–H groups in total. The Morgan fingerprint density at radius 1 is 0.919 bits per heavy atom. The zero-order valence-electron chi connectivity index (χ0n) is 21.5. The van der Waals surface area contributed by atoms with Gasteiger partial charge in [-0.25, -0.2) is 8.42 Å². The minimum Gasteiger partial charge on any atom is -0.339 e. The predicted octanol–water partition coefficient (Wildman–Crippen LogP) is 4.18. The molecule has 3 aliphatic rings. The van der Waals surface area contributed by atoms with Crippen LogP contribution >= 0.6 is 11.3 Å². The zero-order chi connectivity index (χ0) is 26.0. The van der Waals surface area contributed by atoms with Gasteiger partial charge in [-0.05, 0) is 74.9 Å². The maximum absolute atomic E-state index is 13.6. The monoisotopic (exact) mass is 544 g/mol. The Morgan fingerprint density at radius 2 is 1.57 bits per heavy atom. The molecular weight excluding hydrogens is 508 g/mol. The van der Waals surface area contributed by atoms with Crippen LogP contribution in [0.1, 0.15) is 76.6 Å². The first kappa shape index (κ1) is 26.3. The van der Waals surface area contributed by atoms with Gasteiger partial charge in [0.1, 0.15) is 5.00 Å². The Bertz CT molecular complexity index is 1240. The number of amides is 2. The number of nitrogens with one attached hydrogen (secondary N) is 1. The molecule has 2 amide bonds. The number of hydrogen-bond acceptors (Lipinski definition) is 6. The van der Waals surface area contributed by atoms with Gasteiger partial charge in [0.15, 0.2) is 0 Å². The van der Waals surface area contributed by atoms with E-state index in [9.17, 15) is 18.0 Å². The summed E-state index contributed by atoms with van der Waals surface area (Å²) < 4.78 is 27.5. The summed E-state index contributed by atoms with van der Waals surface area (Å²) in [6.07, 6.45) is 6.76. The summed E-state index contributed by atoms with van der Waals surface area (Å²) in [7, 11) is -3.55. The number of nitrogens with zero attached hydrogens (tertiary/aromatic N) is 3. The maximum Gasteiger partial charge on any atom is 0.257 e. The molecule has 0 unspecified atom stereocenters. The van der Waals surface area contributed by atoms with Crippen molar-refractivity contribution in [1.29, 1.82) is 0 Å². The van der Waals surface area contributed by atoms with E-state index in [4.69, 9.17) is 0 Å². The van der Waals surface area contributed by atoms with Crippen LogP contribution in [0.2, 0.25) is 0 Å². The molecular formula is C27H36N4O4S2. The lowest BCUT2D eigenvalue weighted by atomic mass is 10.0. The largest absolute Gasteiger partial charge is 0.339 e. The van der Waals surface area contributed by atoms with E-state index >= 15 is 0 Å². The average Bonchev–Trinajstić information content (AvgIpc) is 3.30. The first-order valence-electron chi connectivity index (χ1n) is 13.5. The lowest BCUT2D eigenvalue weighted by Crippen LogP contribution is -2.37. The summed E-state index contributed by atoms with van der Waals surface area (Å²) in [5.41, 5.74) is 2.09. The van der Waals surface area contributed by atoms with Crippen molar-refractivity contribution in [3.8, 4) is 0 Å². The third-order valence-corrected chi connectivity index (χ3v) is 10.8. The van der Waals surface area contributed by atoms with Crippen LogP contribution in [-0.4, -0.2) is 73.6 Å². The number of hydrogen-bond donors (Lipinski definition) is 1. The van der Waals surface area contributed by atoms with E-state index in [0.29, 0.717) is 29.2 Å². The lowest BCUT2D eigenvalue weighted by molar-refractivity contribution is 0.0724. The highest BCUT2D eigenvalue weighted by atomic mass is 32.2. The summed E-state index contributed by atoms with van der Waals surface area (Å²) >= 11 is 1.50. The van der Waals surface area contributed by atoms with E-state index in [2.05, 4.69) is 17.1 Å². The van der Waals surface area contributed by atoms with Crippen molar-refractivity contribution in [2.24, 2.45) is 0 Å². The Balaban J connectivity index is 1.38. The third-order valence-electron chi connectivity index (χ3n) is 7.74. The van der Waals surface area contributed by atoms with E-state index in [1.165, 1.54) is 27.8 Å². The van der Waals surface area contributed by atoms with Gasteiger partial charge in [-0.3, -0.25) is 14.5 Å². The first-order valence-corrected chi connectivity index (χ1v) is 15.7. The summed E-state index contributed by atoms with van der Waals surface area (Å²) in [4.78, 5) is 32.5. The fourth-order valence-electron chi connectivity index (χ4n) is 5.50. The first-order chi connectivity index (χ1) is 17.9. The highest BCUT2D eigenvalue weighted by molar-refractivity contribution is 7.89. The second-order valence-corrected chi connectivity index (χ2v) is 13.2. The molecule has 0 saturated carbocycles. The van der Waals surface area contributed by atoms with Crippen LogP contribution in [-0.2, 0) is 23.0 Å². The van der Waals surface area contributed by atoms with Crippen molar-refractivity contribution in [3.63, 3.8) is 0 Å². The molecule has 200 valence electrons. The summed E-state index contributed by atoms with van der Waals surface area (Å²) in [5, 5.41) is 3.62. The van der Waals surface area contributed by atoms with E-state index in [1.807, 2.05) is 4.90 Å². The van der Waals surface area contributed by atoms with Gasteiger partial charge in [-0.2, -0.15) is 4.31 Å². The molecule has 2 fully saturated rings. The number of anilines is 1. The molecule has 1 aromatic heterocycles. The van der Waals surface area contributed by atoms with E-state index < -0.39 is 10.0 Å². The Kier molecular flexibility index (Phi) is 7.99. The van der Waals surface area contributed by atoms with Crippen LogP contribution in [0.15, 0.2) is 29.2 Å². The molecule has 0 spiro atoms. The van der Waals surface area contributed by atoms with E-state index in [-0.39, 0.29) is 16.7 Å². The van der Waals surface area contributed by atoms with Gasteiger partial charge >= 0.3 is 0 Å². The van der Waals surface area contributed by atoms with Crippen LogP contribution in [0.5, 0.6) is 0 Å². The Morgan fingerprint density at radius 3 is 2.22 bits per heavy atom. The van der Waals surface area contributed by atoms with Crippen molar-refractivity contribution in [1.82, 2.24) is 14.1 Å². The molecule has 37 heavy (non-hydrogen) atoms. The van der Waals surface area contributed by atoms with E-state index in [1.54, 1.807) is 12.1 Å². The Labute approximate surface area is 223 Å². The summed E-state index contributed by atoms with van der Waals surface area (Å²) in [6, 6.07) is 6.14. The standard InChI is InChI=1S/C27H36N4O4S2/c1-2-29-18-13-22-23(19-29)36-26(24(22)27(33)30-14-5-3-6-15-30)28-25(32)20-9-11-21(12-10-20)37(34,35)31-16-7-4-8-17-31/h9-12H,2-8,13-19H2,1H3,(H,28,32). The SMILES string of the molecule is CCN1CCc2c(sc(NC(=O)c3ccc(S(=O)(=O)N4CCCCC4)cc3)c2C(=O)N2CCCCC2)C1. The fraction of sp³-hybridized carbons (Fsp3) is 0.556. The van der Waals surface area contributed by atoms with Crippen LogP contribution in [0.25, 0.3) is 0 Å². The minimum absolute atomic E-state index is 0.0143. The van der Waals surface area contributed by atoms with Crippen molar-refractivity contribution in [3.05, 3.63) is 45.8 Å². The van der Waals surface area contributed by atoms with Crippen molar-refractivity contribution in [2.45, 2.75) is 63.3 Å². The molecule has 5 rings (SSSR count). The van der Waals surface area contributed by atoms with Crippen molar-refractivity contribution < 1.29 is 18.0 Å². The van der Waals surface area contributed by atoms with Gasteiger partial charge in [0, 0.05) is 49.7 Å². The number of sulfonamides is 1.